The van der Waals surface area contributed by atoms with Gasteiger partial charge < -0.3 is 19.5 Å². The van der Waals surface area contributed by atoms with Gasteiger partial charge in [-0.1, -0.05) is 15.9 Å². The molecule has 2 rings (SSSR count). The smallest absolute Gasteiger partial charge is 0.269 e. The number of rotatable bonds is 8. The van der Waals surface area contributed by atoms with Crippen molar-refractivity contribution in [3.05, 3.63) is 52.0 Å². The number of hydrazine groups is 1. The van der Waals surface area contributed by atoms with Crippen molar-refractivity contribution in [3.8, 4) is 17.2 Å². The third kappa shape index (κ3) is 6.11. The molecule has 10 heteroatoms. The molecule has 0 heterocycles. The van der Waals surface area contributed by atoms with Gasteiger partial charge in [-0.2, -0.15) is 0 Å². The monoisotopic (exact) mass is 479 g/mol. The van der Waals surface area contributed by atoms with E-state index in [9.17, 15) is 14.4 Å². The van der Waals surface area contributed by atoms with E-state index in [1.54, 1.807) is 24.3 Å². The van der Waals surface area contributed by atoms with Gasteiger partial charge in [0, 0.05) is 28.6 Å². The standard InChI is InChI=1S/C20H22BrN3O6/c1-28-15-10-13(11-16(29-2)18(15)30-3)20(27)24-23-17(25)8-9-22-19(26)12-4-6-14(21)7-5-12/h4-7,10-11H,8-9H2,1-3H3,(H,22,26)(H,23,25)(H,24,27). The molecule has 0 unspecified atom stereocenters. The number of halogens is 1. The lowest BCUT2D eigenvalue weighted by atomic mass is 10.1. The second-order valence-corrected chi connectivity index (χ2v) is 6.84. The minimum atomic E-state index is -0.568. The number of hydrogen-bond acceptors (Lipinski definition) is 6. The Labute approximate surface area is 182 Å². The summed E-state index contributed by atoms with van der Waals surface area (Å²) in [5.74, 6) is -0.361. The van der Waals surface area contributed by atoms with E-state index in [0.717, 1.165) is 4.47 Å². The predicted octanol–water partition coefficient (Wildman–Crippen LogP) is 2.06. The molecular weight excluding hydrogens is 458 g/mol. The van der Waals surface area contributed by atoms with Crippen molar-refractivity contribution >= 4 is 33.7 Å². The lowest BCUT2D eigenvalue weighted by molar-refractivity contribution is -0.121. The van der Waals surface area contributed by atoms with Crippen LogP contribution in [0.5, 0.6) is 17.2 Å². The Morgan fingerprint density at radius 3 is 1.97 bits per heavy atom. The summed E-state index contributed by atoms with van der Waals surface area (Å²) in [5, 5.41) is 2.64. The Morgan fingerprint density at radius 2 is 1.43 bits per heavy atom. The molecule has 3 N–H and O–H groups in total. The fourth-order valence-electron chi connectivity index (χ4n) is 2.47. The van der Waals surface area contributed by atoms with Crippen LogP contribution < -0.4 is 30.4 Å². The Balaban J connectivity index is 1.85. The topological polar surface area (TPSA) is 115 Å². The molecule has 0 aliphatic heterocycles. The zero-order valence-electron chi connectivity index (χ0n) is 16.7. The molecule has 0 radical (unpaired) electrons. The highest BCUT2D eigenvalue weighted by Crippen LogP contribution is 2.38. The van der Waals surface area contributed by atoms with Crippen LogP contribution in [0.4, 0.5) is 0 Å². The van der Waals surface area contributed by atoms with Crippen molar-refractivity contribution in [1.82, 2.24) is 16.2 Å². The van der Waals surface area contributed by atoms with Crippen LogP contribution in [0.15, 0.2) is 40.9 Å². The van der Waals surface area contributed by atoms with Crippen LogP contribution in [0.1, 0.15) is 27.1 Å². The second-order valence-electron chi connectivity index (χ2n) is 5.93. The molecule has 0 aliphatic rings. The highest BCUT2D eigenvalue weighted by molar-refractivity contribution is 9.10. The summed E-state index contributed by atoms with van der Waals surface area (Å²) < 4.78 is 16.5. The summed E-state index contributed by atoms with van der Waals surface area (Å²) in [4.78, 5) is 36.3. The number of methoxy groups -OCH3 is 3. The predicted molar refractivity (Wildman–Crippen MR) is 113 cm³/mol. The molecule has 0 saturated carbocycles. The van der Waals surface area contributed by atoms with Crippen LogP contribution in [0.2, 0.25) is 0 Å². The maximum absolute atomic E-state index is 12.3. The van der Waals surface area contributed by atoms with Crippen molar-refractivity contribution in [2.45, 2.75) is 6.42 Å². The maximum atomic E-state index is 12.3. The molecule has 0 bridgehead atoms. The van der Waals surface area contributed by atoms with E-state index in [0.29, 0.717) is 22.8 Å². The summed E-state index contributed by atoms with van der Waals surface area (Å²) in [7, 11) is 4.32. The molecule has 160 valence electrons. The van der Waals surface area contributed by atoms with E-state index in [-0.39, 0.29) is 24.4 Å². The molecular formula is C20H22BrN3O6. The zero-order chi connectivity index (χ0) is 22.1. The third-order valence-corrected chi connectivity index (χ3v) is 4.52. The lowest BCUT2D eigenvalue weighted by Gasteiger charge is -2.14. The molecule has 3 amide bonds. The van der Waals surface area contributed by atoms with E-state index in [4.69, 9.17) is 14.2 Å². The van der Waals surface area contributed by atoms with Gasteiger partial charge in [0.2, 0.25) is 11.7 Å². The van der Waals surface area contributed by atoms with Gasteiger partial charge in [0.15, 0.2) is 11.5 Å². The first kappa shape index (κ1) is 23.0. The number of nitrogens with one attached hydrogen (secondary N) is 3. The van der Waals surface area contributed by atoms with Gasteiger partial charge >= 0.3 is 0 Å². The molecule has 0 saturated heterocycles. The fourth-order valence-corrected chi connectivity index (χ4v) is 2.73. The summed E-state index contributed by atoms with van der Waals surface area (Å²) in [6.07, 6.45) is -0.0161. The van der Waals surface area contributed by atoms with Gasteiger partial charge in [0.25, 0.3) is 11.8 Å². The van der Waals surface area contributed by atoms with Crippen molar-refractivity contribution < 1.29 is 28.6 Å². The van der Waals surface area contributed by atoms with E-state index in [1.807, 2.05) is 0 Å². The normalized spacial score (nSPS) is 10.0. The van der Waals surface area contributed by atoms with Crippen molar-refractivity contribution in [2.24, 2.45) is 0 Å². The maximum Gasteiger partial charge on any atom is 0.269 e. The number of hydrogen-bond donors (Lipinski definition) is 3. The van der Waals surface area contributed by atoms with E-state index < -0.39 is 11.8 Å². The lowest BCUT2D eigenvalue weighted by Crippen LogP contribution is -2.42. The highest BCUT2D eigenvalue weighted by Gasteiger charge is 2.17. The molecule has 0 aromatic heterocycles. The largest absolute Gasteiger partial charge is 0.493 e. The van der Waals surface area contributed by atoms with Gasteiger partial charge in [-0.05, 0) is 36.4 Å². The Kier molecular flexibility index (Phi) is 8.48. The molecule has 2 aromatic rings. The summed E-state index contributed by atoms with van der Waals surface area (Å²) in [6.45, 7) is 0.112. The minimum Gasteiger partial charge on any atom is -0.493 e. The first-order valence-electron chi connectivity index (χ1n) is 8.82. The van der Waals surface area contributed by atoms with Gasteiger partial charge in [-0.3, -0.25) is 25.2 Å². The summed E-state index contributed by atoms with van der Waals surface area (Å²) in [5.41, 5.74) is 5.29. The minimum absolute atomic E-state index is 0.0161. The second kappa shape index (κ2) is 11.1. The van der Waals surface area contributed by atoms with Crippen LogP contribution in [0.25, 0.3) is 0 Å². The van der Waals surface area contributed by atoms with E-state index in [2.05, 4.69) is 32.1 Å². The first-order chi connectivity index (χ1) is 14.4. The molecule has 2 aromatic carbocycles. The third-order valence-electron chi connectivity index (χ3n) is 3.99. The van der Waals surface area contributed by atoms with Crippen LogP contribution in [0, 0.1) is 0 Å². The number of carbonyl (C=O) groups is 3. The van der Waals surface area contributed by atoms with Gasteiger partial charge in [-0.25, -0.2) is 0 Å². The number of ether oxygens (including phenoxy) is 3. The molecule has 0 fully saturated rings. The van der Waals surface area contributed by atoms with Crippen LogP contribution in [0.3, 0.4) is 0 Å². The van der Waals surface area contributed by atoms with Crippen LogP contribution in [-0.4, -0.2) is 45.6 Å². The number of carbonyl (C=O) groups excluding carboxylic acids is 3. The molecule has 0 atom stereocenters. The number of amides is 3. The fraction of sp³-hybridized carbons (Fsp3) is 0.250. The quantitative estimate of drug-likeness (QED) is 0.499. The van der Waals surface area contributed by atoms with E-state index in [1.165, 1.54) is 33.5 Å². The average molecular weight is 480 g/mol. The van der Waals surface area contributed by atoms with E-state index >= 15 is 0 Å². The summed E-state index contributed by atoms with van der Waals surface area (Å²) >= 11 is 3.30. The van der Waals surface area contributed by atoms with Crippen LogP contribution in [-0.2, 0) is 4.79 Å². The average Bonchev–Trinajstić information content (AvgIpc) is 2.76. The zero-order valence-corrected chi connectivity index (χ0v) is 18.3. The first-order valence-corrected chi connectivity index (χ1v) is 9.61. The summed E-state index contributed by atoms with van der Waals surface area (Å²) in [6, 6.07) is 9.75. The number of benzene rings is 2. The Morgan fingerprint density at radius 1 is 0.833 bits per heavy atom. The van der Waals surface area contributed by atoms with Crippen molar-refractivity contribution in [3.63, 3.8) is 0 Å². The van der Waals surface area contributed by atoms with Crippen molar-refractivity contribution in [1.29, 1.82) is 0 Å². The SMILES string of the molecule is COc1cc(C(=O)NNC(=O)CCNC(=O)c2ccc(Br)cc2)cc(OC)c1OC. The van der Waals surface area contributed by atoms with Gasteiger partial charge in [-0.15, -0.1) is 0 Å². The van der Waals surface area contributed by atoms with Gasteiger partial charge in [0.1, 0.15) is 0 Å². The Bertz CT molecular complexity index is 892. The molecule has 30 heavy (non-hydrogen) atoms. The van der Waals surface area contributed by atoms with Crippen LogP contribution >= 0.6 is 15.9 Å². The van der Waals surface area contributed by atoms with Crippen molar-refractivity contribution in [2.75, 3.05) is 27.9 Å². The molecule has 0 spiro atoms. The highest BCUT2D eigenvalue weighted by atomic mass is 79.9. The Hall–Kier alpha value is -3.27. The van der Waals surface area contributed by atoms with Gasteiger partial charge in [0.05, 0.1) is 21.3 Å². The molecule has 9 nitrogen and oxygen atoms in total. The molecule has 0 aliphatic carbocycles.